The lowest BCUT2D eigenvalue weighted by Gasteiger charge is -2.47. The maximum absolute atomic E-state index is 13.7. The number of anilines is 1. The fraction of sp³-hybridized carbons (Fsp3) is 0.692. The molecule has 2 saturated carbocycles. The van der Waals surface area contributed by atoms with E-state index in [2.05, 4.69) is 27.8 Å². The molecule has 36 heavy (non-hydrogen) atoms. The number of aliphatic hydroxyl groups is 1. The summed E-state index contributed by atoms with van der Waals surface area (Å²) in [5.74, 6) is 3.60. The van der Waals surface area contributed by atoms with Gasteiger partial charge in [0, 0.05) is 12.8 Å². The van der Waals surface area contributed by atoms with Gasteiger partial charge in [-0.05, 0) is 42.9 Å². The molecule has 1 saturated heterocycles. The number of rotatable bonds is 7. The average Bonchev–Trinajstić information content (AvgIpc) is 3.42. The van der Waals surface area contributed by atoms with E-state index in [1.54, 1.807) is 0 Å². The Balaban J connectivity index is 1.22. The first-order valence-electron chi connectivity index (χ1n) is 12.9. The predicted molar refractivity (Wildman–Crippen MR) is 130 cm³/mol. The molecular formula is C26H34FN5O4. The van der Waals surface area contributed by atoms with Crippen molar-refractivity contribution in [1.82, 2.24) is 19.5 Å². The van der Waals surface area contributed by atoms with Crippen LogP contribution in [-0.4, -0.2) is 48.9 Å². The molecule has 1 aliphatic heterocycles. The molecule has 0 aromatic carbocycles. The van der Waals surface area contributed by atoms with Crippen molar-refractivity contribution in [2.75, 3.05) is 12.3 Å². The van der Waals surface area contributed by atoms with Gasteiger partial charge in [-0.15, -0.1) is 6.42 Å². The molecule has 194 valence electrons. The molecule has 2 aromatic rings. The molecule has 3 heterocycles. The van der Waals surface area contributed by atoms with Crippen molar-refractivity contribution >= 4 is 23.0 Å². The summed E-state index contributed by atoms with van der Waals surface area (Å²) in [6.45, 7) is 1.95. The van der Waals surface area contributed by atoms with E-state index in [-0.39, 0.29) is 41.4 Å². The van der Waals surface area contributed by atoms with Crippen LogP contribution >= 0.6 is 0 Å². The number of halogens is 1. The number of nitrogens with two attached hydrogens (primary N) is 1. The summed E-state index contributed by atoms with van der Waals surface area (Å²) in [4.78, 5) is 24.1. The molecule has 0 radical (unpaired) electrons. The minimum Gasteiger partial charge on any atom is -0.461 e. The Morgan fingerprint density at radius 2 is 2.11 bits per heavy atom. The van der Waals surface area contributed by atoms with Crippen LogP contribution in [0, 0.1) is 35.7 Å². The van der Waals surface area contributed by atoms with Crippen LogP contribution in [0.15, 0.2) is 6.33 Å². The number of aromatic nitrogens is 4. The van der Waals surface area contributed by atoms with Gasteiger partial charge in [-0.1, -0.05) is 38.5 Å². The summed E-state index contributed by atoms with van der Waals surface area (Å²) in [5, 5.41) is 10.8. The van der Waals surface area contributed by atoms with Crippen LogP contribution in [0.25, 0.3) is 11.2 Å². The first kappa shape index (κ1) is 24.9. The molecule has 9 nitrogen and oxygen atoms in total. The second kappa shape index (κ2) is 9.60. The van der Waals surface area contributed by atoms with E-state index >= 15 is 0 Å². The van der Waals surface area contributed by atoms with Gasteiger partial charge >= 0.3 is 12.0 Å². The van der Waals surface area contributed by atoms with Crippen molar-refractivity contribution in [1.29, 1.82) is 0 Å². The summed E-state index contributed by atoms with van der Waals surface area (Å²) in [6.07, 6.45) is 14.2. The van der Waals surface area contributed by atoms with E-state index in [4.69, 9.17) is 21.6 Å². The Labute approximate surface area is 210 Å². The predicted octanol–water partition coefficient (Wildman–Crippen LogP) is 3.52. The number of hydrogen-bond donors (Lipinski definition) is 2. The number of carbonyl (C=O) groups is 1. The van der Waals surface area contributed by atoms with Crippen LogP contribution in [0.4, 0.5) is 10.2 Å². The van der Waals surface area contributed by atoms with Crippen molar-refractivity contribution in [3.63, 3.8) is 0 Å². The highest BCUT2D eigenvalue weighted by molar-refractivity contribution is 5.81. The summed E-state index contributed by atoms with van der Waals surface area (Å²) in [6, 6.07) is 0. The largest absolute Gasteiger partial charge is 0.461 e. The van der Waals surface area contributed by atoms with Gasteiger partial charge in [0.05, 0.1) is 6.33 Å². The second-order valence-electron chi connectivity index (χ2n) is 10.9. The number of imidazole rings is 1. The van der Waals surface area contributed by atoms with Crippen molar-refractivity contribution < 1.29 is 23.8 Å². The zero-order chi connectivity index (χ0) is 25.5. The third kappa shape index (κ3) is 4.55. The maximum atomic E-state index is 13.7. The van der Waals surface area contributed by atoms with Crippen LogP contribution in [0.2, 0.25) is 0 Å². The van der Waals surface area contributed by atoms with Gasteiger partial charge in [0.2, 0.25) is 0 Å². The number of carbonyl (C=O) groups excluding carboxylic acids is 1. The fourth-order valence-electron chi connectivity index (χ4n) is 6.72. The molecular weight excluding hydrogens is 465 g/mol. The van der Waals surface area contributed by atoms with E-state index in [0.29, 0.717) is 6.42 Å². The third-order valence-electron chi connectivity index (χ3n) is 8.68. The quantitative estimate of drug-likeness (QED) is 0.337. The second-order valence-corrected chi connectivity index (χ2v) is 10.9. The minimum atomic E-state index is -1.53. The van der Waals surface area contributed by atoms with Crippen molar-refractivity contribution in [2.24, 2.45) is 17.3 Å². The van der Waals surface area contributed by atoms with Gasteiger partial charge in [0.25, 0.3) is 0 Å². The SMILES string of the molecule is C#C[C@]1(COC(=O)CCC2(CC)CC3CCCC(C3)C2)O[C@@H](n2cnc3c(N)nc(F)nc32)C[C@@H]1O. The fourth-order valence-corrected chi connectivity index (χ4v) is 6.72. The molecule has 5 rings (SSSR count). The number of ether oxygens (including phenoxy) is 2. The molecule has 2 aromatic heterocycles. The molecule has 0 amide bonds. The van der Waals surface area contributed by atoms with Crippen LogP contribution in [-0.2, 0) is 14.3 Å². The highest BCUT2D eigenvalue weighted by Gasteiger charge is 2.49. The Morgan fingerprint density at radius 3 is 2.81 bits per heavy atom. The lowest BCUT2D eigenvalue weighted by molar-refractivity contribution is -0.157. The average molecular weight is 500 g/mol. The molecule has 2 aliphatic carbocycles. The Bertz CT molecular complexity index is 1170. The van der Waals surface area contributed by atoms with Crippen LogP contribution in [0.5, 0.6) is 0 Å². The Morgan fingerprint density at radius 1 is 1.36 bits per heavy atom. The molecule has 0 spiro atoms. The summed E-state index contributed by atoms with van der Waals surface area (Å²) in [7, 11) is 0. The van der Waals surface area contributed by atoms with Crippen LogP contribution < -0.4 is 5.73 Å². The Kier molecular flexibility index (Phi) is 6.64. The van der Waals surface area contributed by atoms with Crippen LogP contribution in [0.1, 0.15) is 77.4 Å². The van der Waals surface area contributed by atoms with E-state index in [0.717, 1.165) is 24.7 Å². The molecule has 5 atom stereocenters. The topological polar surface area (TPSA) is 125 Å². The van der Waals surface area contributed by atoms with E-state index in [1.807, 2.05) is 0 Å². The molecule has 3 aliphatic rings. The van der Waals surface area contributed by atoms with Gasteiger partial charge in [-0.25, -0.2) is 4.98 Å². The van der Waals surface area contributed by atoms with Gasteiger partial charge in [0.15, 0.2) is 22.6 Å². The first-order valence-corrected chi connectivity index (χ1v) is 12.9. The normalized spacial score (nSPS) is 33.9. The number of aliphatic hydroxyl groups excluding tert-OH is 1. The zero-order valence-corrected chi connectivity index (χ0v) is 20.7. The standard InChI is InChI=1S/C26H34FN5O4/c1-3-25(12-16-6-5-7-17(10-16)13-25)9-8-20(34)35-14-26(4-2)18(33)11-19(36-26)32-15-29-21-22(28)30-24(27)31-23(21)32/h2,15-19,33H,3,5-14H2,1H3,(H2,28,30,31)/t16?,17?,18-,19+,25?,26+/m0/s1. The van der Waals surface area contributed by atoms with Crippen molar-refractivity contribution in [2.45, 2.75) is 89.1 Å². The minimum absolute atomic E-state index is 0.0838. The molecule has 10 heteroatoms. The zero-order valence-electron chi connectivity index (χ0n) is 20.7. The number of esters is 1. The lowest BCUT2D eigenvalue weighted by Crippen LogP contribution is -2.43. The number of terminal acetylenes is 1. The third-order valence-corrected chi connectivity index (χ3v) is 8.68. The van der Waals surface area contributed by atoms with Gasteiger partial charge in [-0.3, -0.25) is 9.36 Å². The molecule has 3 N–H and O–H groups in total. The summed E-state index contributed by atoms with van der Waals surface area (Å²) < 4.78 is 26.8. The number of fused-ring (bicyclic) bond motifs is 3. The van der Waals surface area contributed by atoms with Crippen molar-refractivity contribution in [3.8, 4) is 12.3 Å². The molecule has 2 bridgehead atoms. The highest BCUT2D eigenvalue weighted by Crippen LogP contribution is 2.52. The summed E-state index contributed by atoms with van der Waals surface area (Å²) in [5.41, 5.74) is 4.76. The molecule has 3 fully saturated rings. The first-order chi connectivity index (χ1) is 17.3. The molecule has 2 unspecified atom stereocenters. The summed E-state index contributed by atoms with van der Waals surface area (Å²) >= 11 is 0. The Hall–Kier alpha value is -2.77. The number of nitrogens with zero attached hydrogens (tertiary/aromatic N) is 4. The number of hydrogen-bond acceptors (Lipinski definition) is 8. The lowest BCUT2D eigenvalue weighted by atomic mass is 9.58. The smallest absolute Gasteiger partial charge is 0.312 e. The van der Waals surface area contributed by atoms with E-state index < -0.39 is 24.0 Å². The number of nitrogen functional groups attached to an aromatic ring is 1. The highest BCUT2D eigenvalue weighted by atomic mass is 19.1. The van der Waals surface area contributed by atoms with Crippen LogP contribution in [0.3, 0.4) is 0 Å². The van der Waals surface area contributed by atoms with Crippen molar-refractivity contribution in [3.05, 3.63) is 12.4 Å². The van der Waals surface area contributed by atoms with E-state index in [9.17, 15) is 14.3 Å². The van der Waals surface area contributed by atoms with Gasteiger partial charge in [-0.2, -0.15) is 14.4 Å². The van der Waals surface area contributed by atoms with Gasteiger partial charge in [0.1, 0.15) is 18.9 Å². The monoisotopic (exact) mass is 499 g/mol. The van der Waals surface area contributed by atoms with E-state index in [1.165, 1.54) is 49.4 Å². The van der Waals surface area contributed by atoms with Gasteiger partial charge < -0.3 is 20.3 Å². The maximum Gasteiger partial charge on any atom is 0.312 e.